The molecule has 0 bridgehead atoms. The van der Waals surface area contributed by atoms with Gasteiger partial charge in [-0.1, -0.05) is 26.7 Å². The minimum atomic E-state index is -2.74. The van der Waals surface area contributed by atoms with Crippen molar-refractivity contribution < 1.29 is 18.1 Å². The largest absolute Gasteiger partial charge is 0.564 e. The Hall–Kier alpha value is -0.393. The first-order chi connectivity index (χ1) is 7.54. The van der Waals surface area contributed by atoms with Crippen molar-refractivity contribution in [3.63, 3.8) is 0 Å². The molecule has 0 aromatic carbocycles. The molecule has 0 spiro atoms. The molecule has 16 heavy (non-hydrogen) atoms. The lowest BCUT2D eigenvalue weighted by atomic mass is 10.4. The van der Waals surface area contributed by atoms with Crippen LogP contribution in [0, 0.1) is 0 Å². The Balaban J connectivity index is 4.07. The zero-order valence-corrected chi connectivity index (χ0v) is 11.9. The third-order valence-electron chi connectivity index (χ3n) is 2.05. The zero-order valence-electron chi connectivity index (χ0n) is 10.9. The summed E-state index contributed by atoms with van der Waals surface area (Å²) >= 11 is 0. The van der Waals surface area contributed by atoms with E-state index in [0.29, 0.717) is 13.2 Å². The Kier molecular flexibility index (Phi) is 8.51. The van der Waals surface area contributed by atoms with Gasteiger partial charge in [0.15, 0.2) is 0 Å². The molecular formula is C11H24O4Si. The molecule has 0 N–H and O–H groups in total. The van der Waals surface area contributed by atoms with E-state index in [4.69, 9.17) is 13.3 Å². The first kappa shape index (κ1) is 15.6. The van der Waals surface area contributed by atoms with Gasteiger partial charge in [-0.15, -0.1) is 0 Å². The van der Waals surface area contributed by atoms with Crippen LogP contribution < -0.4 is 0 Å². The van der Waals surface area contributed by atoms with Crippen molar-refractivity contribution in [2.45, 2.75) is 53.0 Å². The zero-order chi connectivity index (χ0) is 12.4. The molecule has 0 atom stereocenters. The van der Waals surface area contributed by atoms with Gasteiger partial charge in [0.2, 0.25) is 0 Å². The highest BCUT2D eigenvalue weighted by Gasteiger charge is 2.38. The van der Waals surface area contributed by atoms with Crippen LogP contribution in [0.4, 0.5) is 0 Å². The van der Waals surface area contributed by atoms with Crippen molar-refractivity contribution in [1.29, 1.82) is 0 Å². The van der Waals surface area contributed by atoms with E-state index in [2.05, 4.69) is 13.8 Å². The molecule has 5 heteroatoms. The van der Waals surface area contributed by atoms with Crippen molar-refractivity contribution in [1.82, 2.24) is 0 Å². The molecular weight excluding hydrogens is 224 g/mol. The molecule has 0 aromatic rings. The van der Waals surface area contributed by atoms with E-state index in [0.717, 1.165) is 25.7 Å². The fourth-order valence-electron chi connectivity index (χ4n) is 1.17. The Morgan fingerprint density at radius 3 is 1.81 bits per heavy atom. The van der Waals surface area contributed by atoms with Gasteiger partial charge in [0.05, 0.1) is 0 Å². The minimum Gasteiger partial charge on any atom is -0.474 e. The molecule has 0 saturated heterocycles. The minimum absolute atomic E-state index is 0.331. The Bertz CT molecular complexity index is 186. The van der Waals surface area contributed by atoms with Gasteiger partial charge in [-0.2, -0.15) is 0 Å². The standard InChI is InChI=1S/C11H24O4Si/c1-5-7-9-13-16(4,15-11(3)12)14-10-8-6-2/h5-10H2,1-4H3. The summed E-state index contributed by atoms with van der Waals surface area (Å²) < 4.78 is 16.4. The molecule has 0 aliphatic carbocycles. The van der Waals surface area contributed by atoms with Crippen molar-refractivity contribution in [3.05, 3.63) is 0 Å². The molecule has 0 rings (SSSR count). The van der Waals surface area contributed by atoms with Crippen LogP contribution in [0.2, 0.25) is 6.55 Å². The first-order valence-electron chi connectivity index (χ1n) is 6.01. The van der Waals surface area contributed by atoms with Crippen LogP contribution in [-0.4, -0.2) is 28.0 Å². The van der Waals surface area contributed by atoms with E-state index in [1.54, 1.807) is 6.55 Å². The van der Waals surface area contributed by atoms with Gasteiger partial charge in [0.1, 0.15) is 0 Å². The lowest BCUT2D eigenvalue weighted by molar-refractivity contribution is -0.136. The monoisotopic (exact) mass is 248 g/mol. The first-order valence-corrected chi connectivity index (χ1v) is 8.24. The van der Waals surface area contributed by atoms with Crippen LogP contribution in [0.15, 0.2) is 0 Å². The summed E-state index contributed by atoms with van der Waals surface area (Å²) in [6, 6.07) is 0. The van der Waals surface area contributed by atoms with Crippen molar-refractivity contribution in [2.24, 2.45) is 0 Å². The van der Waals surface area contributed by atoms with Gasteiger partial charge < -0.3 is 13.3 Å². The lowest BCUT2D eigenvalue weighted by Gasteiger charge is -2.24. The molecule has 0 radical (unpaired) electrons. The molecule has 0 aliphatic heterocycles. The van der Waals surface area contributed by atoms with E-state index in [-0.39, 0.29) is 5.97 Å². The van der Waals surface area contributed by atoms with Crippen LogP contribution in [0.25, 0.3) is 0 Å². The van der Waals surface area contributed by atoms with Crippen LogP contribution >= 0.6 is 0 Å². The number of hydrogen-bond acceptors (Lipinski definition) is 4. The summed E-state index contributed by atoms with van der Waals surface area (Å²) in [5, 5.41) is 0. The summed E-state index contributed by atoms with van der Waals surface area (Å²) in [5.74, 6) is -0.331. The molecule has 0 fully saturated rings. The Morgan fingerprint density at radius 2 is 1.50 bits per heavy atom. The second kappa shape index (κ2) is 8.72. The van der Waals surface area contributed by atoms with Crippen LogP contribution in [0.5, 0.6) is 0 Å². The summed E-state index contributed by atoms with van der Waals surface area (Å²) in [5.41, 5.74) is 0. The van der Waals surface area contributed by atoms with E-state index >= 15 is 0 Å². The van der Waals surface area contributed by atoms with E-state index < -0.39 is 8.80 Å². The highest BCUT2D eigenvalue weighted by atomic mass is 28.4. The molecule has 0 amide bonds. The smallest absolute Gasteiger partial charge is 0.474 e. The molecule has 0 saturated carbocycles. The fourth-order valence-corrected chi connectivity index (χ4v) is 2.92. The second-order valence-corrected chi connectivity index (χ2v) is 6.37. The summed E-state index contributed by atoms with van der Waals surface area (Å²) in [7, 11) is -2.74. The SMILES string of the molecule is CCCCO[Si](C)(OCCCC)OC(C)=O. The Morgan fingerprint density at radius 1 is 1.06 bits per heavy atom. The number of rotatable bonds is 9. The maximum atomic E-state index is 11.0. The van der Waals surface area contributed by atoms with Crippen molar-refractivity contribution >= 4 is 14.8 Å². The summed E-state index contributed by atoms with van der Waals surface area (Å²) in [6.45, 7) is 8.53. The highest BCUT2D eigenvalue weighted by Crippen LogP contribution is 2.11. The van der Waals surface area contributed by atoms with Gasteiger partial charge in [0, 0.05) is 26.7 Å². The molecule has 4 nitrogen and oxygen atoms in total. The number of unbranched alkanes of at least 4 members (excludes halogenated alkanes) is 2. The van der Waals surface area contributed by atoms with Gasteiger partial charge >= 0.3 is 8.80 Å². The predicted molar refractivity (Wildman–Crippen MR) is 65.1 cm³/mol. The third kappa shape index (κ3) is 7.84. The average molecular weight is 248 g/mol. The summed E-state index contributed by atoms with van der Waals surface area (Å²) in [6.07, 6.45) is 4.03. The van der Waals surface area contributed by atoms with Crippen LogP contribution in [-0.2, 0) is 18.1 Å². The maximum Gasteiger partial charge on any atom is 0.564 e. The van der Waals surface area contributed by atoms with E-state index in [9.17, 15) is 4.79 Å². The number of hydrogen-bond donors (Lipinski definition) is 0. The normalized spacial score (nSPS) is 11.5. The van der Waals surface area contributed by atoms with Crippen molar-refractivity contribution in [2.75, 3.05) is 13.2 Å². The third-order valence-corrected chi connectivity index (χ3v) is 4.17. The molecule has 0 unspecified atom stereocenters. The average Bonchev–Trinajstić information content (AvgIpc) is 2.17. The summed E-state index contributed by atoms with van der Waals surface area (Å²) in [4.78, 5) is 11.0. The molecule has 0 heterocycles. The lowest BCUT2D eigenvalue weighted by Crippen LogP contribution is -2.44. The van der Waals surface area contributed by atoms with E-state index in [1.807, 2.05) is 0 Å². The fraction of sp³-hybridized carbons (Fsp3) is 0.909. The van der Waals surface area contributed by atoms with Gasteiger partial charge in [-0.05, 0) is 12.8 Å². The quantitative estimate of drug-likeness (QED) is 0.465. The van der Waals surface area contributed by atoms with Crippen LogP contribution in [0.3, 0.4) is 0 Å². The van der Waals surface area contributed by atoms with Gasteiger partial charge in [-0.3, -0.25) is 4.79 Å². The number of carbonyl (C=O) groups excluding carboxylic acids is 1. The van der Waals surface area contributed by atoms with Gasteiger partial charge in [-0.25, -0.2) is 0 Å². The molecule has 0 aromatic heterocycles. The van der Waals surface area contributed by atoms with E-state index in [1.165, 1.54) is 6.92 Å². The highest BCUT2D eigenvalue weighted by molar-refractivity contribution is 6.60. The molecule has 96 valence electrons. The van der Waals surface area contributed by atoms with Crippen LogP contribution in [0.1, 0.15) is 46.5 Å². The maximum absolute atomic E-state index is 11.0. The topological polar surface area (TPSA) is 44.8 Å². The van der Waals surface area contributed by atoms with Gasteiger partial charge in [0.25, 0.3) is 5.97 Å². The predicted octanol–water partition coefficient (Wildman–Crippen LogP) is 2.75. The Labute approximate surface area is 99.6 Å². The number of carbonyl (C=O) groups is 1. The second-order valence-electron chi connectivity index (χ2n) is 3.86. The van der Waals surface area contributed by atoms with Crippen molar-refractivity contribution in [3.8, 4) is 0 Å². The molecule has 0 aliphatic rings.